The summed E-state index contributed by atoms with van der Waals surface area (Å²) >= 11 is 0. The summed E-state index contributed by atoms with van der Waals surface area (Å²) in [5, 5.41) is 0. The second kappa shape index (κ2) is 8.90. The number of hydrogen-bond acceptors (Lipinski definition) is 3. The molecule has 7 heteroatoms. The fourth-order valence-corrected chi connectivity index (χ4v) is 5.77. The Morgan fingerprint density at radius 1 is 0.909 bits per heavy atom. The predicted molar refractivity (Wildman–Crippen MR) is 124 cm³/mol. The molecule has 2 amide bonds. The highest BCUT2D eigenvalue weighted by atomic mass is 32.2. The summed E-state index contributed by atoms with van der Waals surface area (Å²) < 4.78 is 28.0. The Balaban J connectivity index is 1.63. The lowest BCUT2D eigenvalue weighted by molar-refractivity contribution is 0.0724. The van der Waals surface area contributed by atoms with Crippen LogP contribution in [-0.2, 0) is 17.3 Å². The van der Waals surface area contributed by atoms with Crippen molar-refractivity contribution in [2.75, 3.05) is 18.0 Å². The van der Waals surface area contributed by atoms with Gasteiger partial charge < -0.3 is 9.80 Å². The average molecular weight is 463 g/mol. The van der Waals surface area contributed by atoms with Crippen LogP contribution < -0.4 is 4.90 Å². The van der Waals surface area contributed by atoms with E-state index in [1.165, 1.54) is 11.0 Å². The lowest BCUT2D eigenvalue weighted by Gasteiger charge is -2.28. The number of anilines is 1. The molecule has 0 N–H and O–H groups in total. The molecule has 3 aromatic carbocycles. The first-order valence-electron chi connectivity index (χ1n) is 11.0. The number of piperidine rings is 1. The van der Waals surface area contributed by atoms with Crippen molar-refractivity contribution >= 4 is 28.3 Å². The van der Waals surface area contributed by atoms with Crippen LogP contribution in [0.2, 0.25) is 0 Å². The van der Waals surface area contributed by atoms with Crippen molar-refractivity contribution in [3.63, 3.8) is 0 Å². The number of carbonyl (C=O) groups is 2. The van der Waals surface area contributed by atoms with E-state index in [1.807, 2.05) is 4.90 Å². The summed E-state index contributed by atoms with van der Waals surface area (Å²) in [6, 6.07) is 18.0. The minimum atomic E-state index is -1.62. The molecule has 1 saturated heterocycles. The highest BCUT2D eigenvalue weighted by Crippen LogP contribution is 2.36. The minimum absolute atomic E-state index is 0.0363. The lowest BCUT2D eigenvalue weighted by Crippen LogP contribution is -2.36. The van der Waals surface area contributed by atoms with E-state index < -0.39 is 16.6 Å². The number of likely N-dealkylation sites (tertiary alicyclic amines) is 1. The average Bonchev–Trinajstić information content (AvgIpc) is 2.94. The van der Waals surface area contributed by atoms with Crippen molar-refractivity contribution in [3.05, 3.63) is 89.2 Å². The molecule has 0 unspecified atom stereocenters. The maximum atomic E-state index is 14.5. The van der Waals surface area contributed by atoms with Gasteiger partial charge in [0, 0.05) is 24.2 Å². The van der Waals surface area contributed by atoms with Gasteiger partial charge in [0.25, 0.3) is 11.8 Å². The Morgan fingerprint density at radius 2 is 1.64 bits per heavy atom. The lowest BCUT2D eigenvalue weighted by atomic mass is 10.1. The molecule has 1 fully saturated rings. The Labute approximate surface area is 194 Å². The number of rotatable bonds is 3. The number of carbonyl (C=O) groups excluding carboxylic acids is 2. The van der Waals surface area contributed by atoms with Gasteiger partial charge in [-0.25, -0.2) is 8.60 Å². The highest BCUT2D eigenvalue weighted by Gasteiger charge is 2.32. The van der Waals surface area contributed by atoms with Gasteiger partial charge in [-0.2, -0.15) is 0 Å². The largest absolute Gasteiger partial charge is 0.339 e. The molecule has 0 aromatic heterocycles. The Kier molecular flexibility index (Phi) is 5.81. The van der Waals surface area contributed by atoms with Crippen LogP contribution in [0.15, 0.2) is 76.5 Å². The molecular formula is C26H23FN2O3S. The van der Waals surface area contributed by atoms with Gasteiger partial charge >= 0.3 is 0 Å². The first-order chi connectivity index (χ1) is 16.0. The van der Waals surface area contributed by atoms with E-state index in [9.17, 15) is 18.2 Å². The third-order valence-electron chi connectivity index (χ3n) is 6.19. The predicted octanol–water partition coefficient (Wildman–Crippen LogP) is 4.78. The quantitative estimate of drug-likeness (QED) is 0.563. The number of hydrogen-bond donors (Lipinski definition) is 0. The summed E-state index contributed by atoms with van der Waals surface area (Å²) in [5.74, 6) is -0.905. The molecule has 0 aliphatic carbocycles. The second-order valence-electron chi connectivity index (χ2n) is 8.28. The fourth-order valence-electron chi connectivity index (χ4n) is 4.43. The number of benzene rings is 3. The summed E-state index contributed by atoms with van der Waals surface area (Å²) in [4.78, 5) is 30.9. The van der Waals surface area contributed by atoms with Crippen molar-refractivity contribution in [2.45, 2.75) is 35.6 Å². The van der Waals surface area contributed by atoms with Gasteiger partial charge in [-0.1, -0.05) is 30.3 Å². The summed E-state index contributed by atoms with van der Waals surface area (Å²) in [5.41, 5.74) is 1.47. The molecule has 0 radical (unpaired) electrons. The number of nitrogens with zero attached hydrogens (tertiary/aromatic N) is 2. The topological polar surface area (TPSA) is 57.7 Å². The normalized spacial score (nSPS) is 17.8. The van der Waals surface area contributed by atoms with Crippen molar-refractivity contribution in [1.29, 1.82) is 0 Å². The van der Waals surface area contributed by atoms with Gasteiger partial charge in [-0.3, -0.25) is 9.59 Å². The monoisotopic (exact) mass is 462 g/mol. The van der Waals surface area contributed by atoms with E-state index in [1.54, 1.807) is 60.7 Å². The summed E-state index contributed by atoms with van der Waals surface area (Å²) in [7, 11) is -1.62. The van der Waals surface area contributed by atoms with E-state index in [2.05, 4.69) is 0 Å². The third-order valence-corrected chi connectivity index (χ3v) is 7.69. The Morgan fingerprint density at radius 3 is 2.42 bits per heavy atom. The van der Waals surface area contributed by atoms with E-state index in [4.69, 9.17) is 0 Å². The van der Waals surface area contributed by atoms with Crippen LogP contribution in [0.25, 0.3) is 0 Å². The molecule has 2 aliphatic heterocycles. The van der Waals surface area contributed by atoms with E-state index >= 15 is 0 Å². The first-order valence-corrected chi connectivity index (χ1v) is 12.2. The first kappa shape index (κ1) is 21.5. The second-order valence-corrected chi connectivity index (χ2v) is 9.70. The van der Waals surface area contributed by atoms with Crippen molar-refractivity contribution in [2.24, 2.45) is 0 Å². The minimum Gasteiger partial charge on any atom is -0.339 e. The molecule has 0 saturated carbocycles. The van der Waals surface area contributed by atoms with Crippen LogP contribution in [-0.4, -0.2) is 34.0 Å². The number of halogens is 1. The molecule has 2 aliphatic rings. The molecular weight excluding hydrogens is 439 g/mol. The van der Waals surface area contributed by atoms with Crippen LogP contribution >= 0.6 is 0 Å². The Hall–Kier alpha value is -3.32. The van der Waals surface area contributed by atoms with Gasteiger partial charge in [-0.15, -0.1) is 0 Å². The molecule has 168 valence electrons. The van der Waals surface area contributed by atoms with Crippen LogP contribution in [0, 0.1) is 5.82 Å². The van der Waals surface area contributed by atoms with Gasteiger partial charge in [0.05, 0.1) is 38.4 Å². The molecule has 33 heavy (non-hydrogen) atoms. The molecule has 2 heterocycles. The zero-order chi connectivity index (χ0) is 22.9. The highest BCUT2D eigenvalue weighted by molar-refractivity contribution is 7.85. The molecule has 0 spiro atoms. The number of fused-ring (bicyclic) bond motifs is 2. The van der Waals surface area contributed by atoms with E-state index in [0.717, 1.165) is 19.3 Å². The molecule has 0 bridgehead atoms. The summed E-state index contributed by atoms with van der Waals surface area (Å²) in [6.45, 7) is 1.36. The van der Waals surface area contributed by atoms with E-state index in [0.29, 0.717) is 45.3 Å². The van der Waals surface area contributed by atoms with Gasteiger partial charge in [-0.05, 0) is 55.7 Å². The maximum Gasteiger partial charge on any atom is 0.259 e. The SMILES string of the molecule is O=C(c1ccc2c(c1)N(Cc1ccccc1F)C(=O)c1ccccc1[S@]2=O)N1CCCCC1. The smallest absolute Gasteiger partial charge is 0.259 e. The van der Waals surface area contributed by atoms with Crippen LogP contribution in [0.5, 0.6) is 0 Å². The van der Waals surface area contributed by atoms with Gasteiger partial charge in [0.15, 0.2) is 0 Å². The van der Waals surface area contributed by atoms with E-state index in [-0.39, 0.29) is 18.4 Å². The van der Waals surface area contributed by atoms with Crippen molar-refractivity contribution < 1.29 is 18.2 Å². The Bertz CT molecular complexity index is 1270. The molecule has 5 rings (SSSR count). The standard InChI is InChI=1S/C26H23FN2O3S/c27-21-10-4-2-8-19(21)17-29-22-16-18(25(30)28-14-6-1-7-15-28)12-13-24(22)33(32)23-11-5-3-9-20(23)26(29)31/h2-5,8-13,16H,1,6-7,14-15,17H2/t33-/m1/s1. The van der Waals surface area contributed by atoms with Crippen molar-refractivity contribution in [3.8, 4) is 0 Å². The number of amides is 2. The van der Waals surface area contributed by atoms with Crippen molar-refractivity contribution in [1.82, 2.24) is 4.90 Å². The zero-order valence-corrected chi connectivity index (χ0v) is 18.8. The van der Waals surface area contributed by atoms with Gasteiger partial charge in [0.1, 0.15) is 5.82 Å². The zero-order valence-electron chi connectivity index (χ0n) is 18.0. The van der Waals surface area contributed by atoms with Crippen LogP contribution in [0.3, 0.4) is 0 Å². The molecule has 1 atom stereocenters. The summed E-state index contributed by atoms with van der Waals surface area (Å²) in [6.07, 6.45) is 3.04. The van der Waals surface area contributed by atoms with Crippen LogP contribution in [0.1, 0.15) is 45.5 Å². The van der Waals surface area contributed by atoms with Gasteiger partial charge in [0.2, 0.25) is 0 Å². The molecule has 5 nitrogen and oxygen atoms in total. The van der Waals surface area contributed by atoms with Crippen LogP contribution in [0.4, 0.5) is 10.1 Å². The molecule has 3 aromatic rings. The maximum absolute atomic E-state index is 14.5. The fraction of sp³-hybridized carbons (Fsp3) is 0.231. The third kappa shape index (κ3) is 3.97.